The van der Waals surface area contributed by atoms with Crippen LogP contribution >= 0.6 is 0 Å². The predicted molar refractivity (Wildman–Crippen MR) is 94.2 cm³/mol. The molecule has 0 amide bonds. The molecular weight excluding hydrogens is 360 g/mol. The molecule has 23 heavy (non-hydrogen) atoms. The first-order valence-corrected chi connectivity index (χ1v) is 18.6. The zero-order valence-electron chi connectivity index (χ0n) is 15.2. The van der Waals surface area contributed by atoms with Crippen LogP contribution in [0.25, 0.3) is 0 Å². The SMILES string of the molecule is CC(C)(C)O[SiH2][C]12[CH]3[CH]4[CH]5[CH]1[Fe]45321678[CH]2[CH]1[CH]6[C]7([SiH2]OC(C)(C)C)[CH]28. The number of fused-ring (bicyclic) bond motifs is 10. The molecule has 0 bridgehead atoms. The summed E-state index contributed by atoms with van der Waals surface area (Å²) in [4.78, 5) is 11.1. The van der Waals surface area contributed by atoms with Crippen molar-refractivity contribution in [1.29, 1.82) is 0 Å². The van der Waals surface area contributed by atoms with E-state index in [1.54, 1.807) is 0 Å². The van der Waals surface area contributed by atoms with Crippen molar-refractivity contribution in [2.24, 2.45) is 0 Å². The first-order chi connectivity index (χ1) is 10.3. The van der Waals surface area contributed by atoms with Crippen molar-refractivity contribution in [2.75, 3.05) is 0 Å². The Kier molecular flexibility index (Phi) is 0.574. The van der Waals surface area contributed by atoms with Gasteiger partial charge in [-0.1, -0.05) is 0 Å². The predicted octanol–water partition coefficient (Wildman–Crippen LogP) is 3.83. The van der Waals surface area contributed by atoms with E-state index in [2.05, 4.69) is 41.5 Å². The van der Waals surface area contributed by atoms with E-state index in [9.17, 15) is 0 Å². The van der Waals surface area contributed by atoms with Crippen molar-refractivity contribution in [2.45, 2.75) is 99.1 Å². The third kappa shape index (κ3) is 0.172. The average Bonchev–Trinajstić information content (AvgIpc) is 3.35. The number of hydrogen-bond acceptors (Lipinski definition) is 2. The molecule has 130 valence electrons. The van der Waals surface area contributed by atoms with Gasteiger partial charge in [0.1, 0.15) is 0 Å². The maximum atomic E-state index is 6.69. The summed E-state index contributed by atoms with van der Waals surface area (Å²) in [6.07, 6.45) is 0. The topological polar surface area (TPSA) is 18.5 Å². The summed E-state index contributed by atoms with van der Waals surface area (Å²) in [5.41, 5.74) is 0.250. The molecule has 0 aromatic carbocycles. The number of rotatable bonds is 4. The van der Waals surface area contributed by atoms with Gasteiger partial charge in [0, 0.05) is 0 Å². The van der Waals surface area contributed by atoms with Gasteiger partial charge < -0.3 is 0 Å². The van der Waals surface area contributed by atoms with Gasteiger partial charge in [-0.25, -0.2) is 0 Å². The molecule has 10 rings (SSSR count). The van der Waals surface area contributed by atoms with Crippen molar-refractivity contribution >= 4 is 19.5 Å². The van der Waals surface area contributed by atoms with Gasteiger partial charge in [0.05, 0.1) is 0 Å². The molecule has 8 unspecified atom stereocenters. The molecule has 0 saturated carbocycles. The van der Waals surface area contributed by atoms with Crippen molar-refractivity contribution in [3.63, 3.8) is 0 Å². The quantitative estimate of drug-likeness (QED) is 0.680. The van der Waals surface area contributed by atoms with E-state index >= 15 is 0 Å². The van der Waals surface area contributed by atoms with Crippen molar-refractivity contribution in [1.82, 2.24) is 0 Å². The Morgan fingerprint density at radius 1 is 0.652 bits per heavy atom. The van der Waals surface area contributed by atoms with Crippen LogP contribution in [-0.4, -0.2) is 30.7 Å². The van der Waals surface area contributed by atoms with Crippen LogP contribution in [0.2, 0.25) is 46.4 Å². The van der Waals surface area contributed by atoms with E-state index in [1.165, 1.54) is 38.5 Å². The van der Waals surface area contributed by atoms with Gasteiger partial charge >= 0.3 is 134 Å². The van der Waals surface area contributed by atoms with Crippen LogP contribution in [0, 0.1) is 0 Å². The normalized spacial score (nSPS) is 97.1. The molecule has 0 N–H and O–H groups in total. The molecule has 10 heterocycles. The summed E-state index contributed by atoms with van der Waals surface area (Å²) in [7, 11) is -0.618. The summed E-state index contributed by atoms with van der Waals surface area (Å²) in [5.74, 6) is 0. The van der Waals surface area contributed by atoms with Crippen LogP contribution in [0.3, 0.4) is 0 Å². The fourth-order valence-electron chi connectivity index (χ4n) is 18.9. The van der Waals surface area contributed by atoms with E-state index in [4.69, 9.17) is 8.85 Å². The Hall–Kier alpha value is 0.873. The third-order valence-electron chi connectivity index (χ3n) is 16.9. The van der Waals surface area contributed by atoms with Gasteiger partial charge in [-0.05, 0) is 0 Å². The second-order valence-corrected chi connectivity index (χ2v) is 43.2. The van der Waals surface area contributed by atoms with E-state index in [0.717, 1.165) is 7.87 Å². The Morgan fingerprint density at radius 3 is 1.17 bits per heavy atom. The minimum atomic E-state index is -3.14. The molecule has 0 aromatic heterocycles. The second kappa shape index (κ2) is 1.14. The monoisotopic (exact) mass is 390 g/mol. The van der Waals surface area contributed by atoms with E-state index < -0.39 is 6.51 Å². The first-order valence-electron chi connectivity index (χ1n) is 9.83. The molecule has 10 saturated heterocycles. The molecule has 10 aliphatic rings. The summed E-state index contributed by atoms with van der Waals surface area (Å²) in [5, 5.41) is 0. The second-order valence-electron chi connectivity index (χ2n) is 14.9. The van der Waals surface area contributed by atoms with Gasteiger partial charge in [0.15, 0.2) is 0 Å². The van der Waals surface area contributed by atoms with Gasteiger partial charge in [0.25, 0.3) is 0 Å². The van der Waals surface area contributed by atoms with Crippen LogP contribution in [-0.2, 0) is 15.4 Å². The third-order valence-corrected chi connectivity index (χ3v) is 78.2. The molecule has 10 aliphatic heterocycles. The van der Waals surface area contributed by atoms with E-state index in [1.807, 2.05) is 0 Å². The molecular formula is C18H30FeO2Si2. The van der Waals surface area contributed by atoms with Crippen LogP contribution in [0.4, 0.5) is 0 Å². The molecule has 0 aromatic rings. The Morgan fingerprint density at radius 2 is 0.957 bits per heavy atom. The summed E-state index contributed by atoms with van der Waals surface area (Å²) in [6.45, 7) is 10.7. The van der Waals surface area contributed by atoms with Crippen LogP contribution in [0.15, 0.2) is 0 Å². The fourth-order valence-corrected chi connectivity index (χ4v) is 129. The van der Waals surface area contributed by atoms with Crippen LogP contribution < -0.4 is 0 Å². The summed E-state index contributed by atoms with van der Waals surface area (Å²) < 4.78 is 15.4. The van der Waals surface area contributed by atoms with Crippen LogP contribution in [0.5, 0.6) is 0 Å². The zero-order chi connectivity index (χ0) is 15.8. The van der Waals surface area contributed by atoms with Gasteiger partial charge in [-0.15, -0.1) is 0 Å². The summed E-state index contributed by atoms with van der Waals surface area (Å²) >= 11 is 0. The fraction of sp³-hybridized carbons (Fsp3) is 1.00. The molecule has 0 aliphatic carbocycles. The summed E-state index contributed by atoms with van der Waals surface area (Å²) in [6, 6.07) is 0. The minimum absolute atomic E-state index is 0.125. The first kappa shape index (κ1) is 11.6. The molecule has 2 nitrogen and oxygen atoms in total. The Balaban J connectivity index is 1.22. The van der Waals surface area contributed by atoms with Crippen molar-refractivity contribution in [3.8, 4) is 0 Å². The van der Waals surface area contributed by atoms with Crippen molar-refractivity contribution in [3.05, 3.63) is 0 Å². The standard InChI is InChI=1S/2C9H15OSi.Fe/c2*1-9(2,3)10-11-8-6-4-5-7-8;/h2*4-7H,11H2,1-3H3;. The Bertz CT molecular complexity index is 1060. The molecule has 0 radical (unpaired) electrons. The van der Waals surface area contributed by atoms with Crippen molar-refractivity contribution < 1.29 is 15.4 Å². The average molecular weight is 390 g/mol. The molecule has 8 atom stereocenters. The zero-order valence-corrected chi connectivity index (χ0v) is 19.1. The number of hydrogen-bond donors (Lipinski definition) is 0. The molecule has 1 spiro atoms. The van der Waals surface area contributed by atoms with Gasteiger partial charge in [-0.2, -0.15) is 0 Å². The maximum absolute atomic E-state index is 6.69. The van der Waals surface area contributed by atoms with E-state index in [0.29, 0.717) is 0 Å². The Labute approximate surface area is 134 Å². The van der Waals surface area contributed by atoms with Gasteiger partial charge in [-0.3, -0.25) is 0 Å². The van der Waals surface area contributed by atoms with Crippen LogP contribution in [0.1, 0.15) is 41.5 Å². The van der Waals surface area contributed by atoms with Gasteiger partial charge in [0.2, 0.25) is 0 Å². The molecule has 10 fully saturated rings. The van der Waals surface area contributed by atoms with E-state index in [-0.39, 0.29) is 30.7 Å². The molecule has 5 heteroatoms.